The van der Waals surface area contributed by atoms with Crippen LogP contribution in [0.5, 0.6) is 0 Å². The Morgan fingerprint density at radius 1 is 1.45 bits per heavy atom. The van der Waals surface area contributed by atoms with E-state index in [9.17, 15) is 9.50 Å². The van der Waals surface area contributed by atoms with E-state index in [-0.39, 0.29) is 11.7 Å². The molecule has 0 amide bonds. The van der Waals surface area contributed by atoms with Crippen molar-refractivity contribution in [3.8, 4) is 0 Å². The van der Waals surface area contributed by atoms with Gasteiger partial charge in [0.2, 0.25) is 0 Å². The summed E-state index contributed by atoms with van der Waals surface area (Å²) in [7, 11) is 1.68. The lowest BCUT2D eigenvalue weighted by atomic mass is 9.74. The van der Waals surface area contributed by atoms with Crippen molar-refractivity contribution in [3.05, 3.63) is 34.1 Å². The van der Waals surface area contributed by atoms with Crippen LogP contribution < -0.4 is 5.32 Å². The van der Waals surface area contributed by atoms with E-state index in [1.807, 2.05) is 0 Å². The molecule has 1 heterocycles. The molecule has 2 rings (SSSR count). The first kappa shape index (κ1) is 17.9. The number of aliphatic hydroxyl groups is 1. The predicted molar refractivity (Wildman–Crippen MR) is 89.3 cm³/mol. The van der Waals surface area contributed by atoms with Crippen molar-refractivity contribution in [2.24, 2.45) is 5.92 Å². The molecule has 1 saturated heterocycles. The topological polar surface area (TPSA) is 41.5 Å². The van der Waals surface area contributed by atoms with E-state index < -0.39 is 5.60 Å². The summed E-state index contributed by atoms with van der Waals surface area (Å²) >= 11 is 3.48. The Morgan fingerprint density at radius 2 is 2.27 bits per heavy atom. The molecule has 5 heteroatoms. The molecule has 1 aromatic carbocycles. The number of ether oxygens (including phenoxy) is 1. The van der Waals surface area contributed by atoms with Crippen molar-refractivity contribution in [3.63, 3.8) is 0 Å². The van der Waals surface area contributed by atoms with Gasteiger partial charge in [-0.3, -0.25) is 0 Å². The molecule has 0 spiro atoms. The van der Waals surface area contributed by atoms with Gasteiger partial charge >= 0.3 is 0 Å². The smallest absolute Gasteiger partial charge is 0.123 e. The molecule has 0 unspecified atom stereocenters. The maximum atomic E-state index is 13.7. The molecule has 0 aliphatic carbocycles. The summed E-state index contributed by atoms with van der Waals surface area (Å²) in [6.45, 7) is 2.44. The number of methoxy groups -OCH3 is 1. The Kier molecular flexibility index (Phi) is 6.81. The molecule has 3 nitrogen and oxygen atoms in total. The lowest BCUT2D eigenvalue weighted by Crippen LogP contribution is -2.44. The standard InChI is InChI=1S/C17H25BrFNO2/c1-22-10-3-2-8-17(21,13-5-4-9-20-12-13)15-11-14(19)6-7-16(15)18/h6-7,11,13,20-21H,2-5,8-10,12H2,1H3/t13-,17+/m1/s1. The van der Waals surface area contributed by atoms with Gasteiger partial charge in [0, 0.05) is 36.2 Å². The minimum Gasteiger partial charge on any atom is -0.385 e. The van der Waals surface area contributed by atoms with Crippen LogP contribution in [0.2, 0.25) is 0 Å². The highest BCUT2D eigenvalue weighted by molar-refractivity contribution is 9.10. The molecule has 2 atom stereocenters. The quantitative estimate of drug-likeness (QED) is 0.717. The van der Waals surface area contributed by atoms with Crippen molar-refractivity contribution in [2.75, 3.05) is 26.8 Å². The van der Waals surface area contributed by atoms with Crippen molar-refractivity contribution >= 4 is 15.9 Å². The molecule has 0 radical (unpaired) electrons. The fourth-order valence-corrected chi connectivity index (χ4v) is 3.88. The number of halogens is 2. The highest BCUT2D eigenvalue weighted by Crippen LogP contribution is 2.41. The van der Waals surface area contributed by atoms with Gasteiger partial charge in [-0.15, -0.1) is 0 Å². The zero-order valence-corrected chi connectivity index (χ0v) is 14.7. The number of piperidine rings is 1. The summed E-state index contributed by atoms with van der Waals surface area (Å²) in [6, 6.07) is 4.56. The second kappa shape index (κ2) is 8.39. The number of hydrogen-bond donors (Lipinski definition) is 2. The first-order valence-electron chi connectivity index (χ1n) is 7.95. The first-order valence-corrected chi connectivity index (χ1v) is 8.75. The van der Waals surface area contributed by atoms with E-state index >= 15 is 0 Å². The Balaban J connectivity index is 2.24. The van der Waals surface area contributed by atoms with Gasteiger partial charge < -0.3 is 15.2 Å². The van der Waals surface area contributed by atoms with Crippen LogP contribution in [0.25, 0.3) is 0 Å². The number of benzene rings is 1. The van der Waals surface area contributed by atoms with Crippen LogP contribution in [0.3, 0.4) is 0 Å². The van der Waals surface area contributed by atoms with Gasteiger partial charge in [-0.25, -0.2) is 4.39 Å². The molecule has 1 aliphatic rings. The normalized spacial score (nSPS) is 21.5. The van der Waals surface area contributed by atoms with Gasteiger partial charge in [0.05, 0.1) is 5.60 Å². The SMILES string of the molecule is COCCCC[C@@](O)(c1cc(F)ccc1Br)[C@@H]1CCCNC1. The fraction of sp³-hybridized carbons (Fsp3) is 0.647. The number of unbranched alkanes of at least 4 members (excludes halogenated alkanes) is 1. The maximum Gasteiger partial charge on any atom is 0.123 e. The molecule has 2 N–H and O–H groups in total. The molecule has 124 valence electrons. The number of nitrogens with one attached hydrogen (secondary N) is 1. The summed E-state index contributed by atoms with van der Waals surface area (Å²) in [4.78, 5) is 0. The summed E-state index contributed by atoms with van der Waals surface area (Å²) in [6.07, 6.45) is 4.36. The van der Waals surface area contributed by atoms with Crippen LogP contribution >= 0.6 is 15.9 Å². The van der Waals surface area contributed by atoms with Gasteiger partial charge in [0.25, 0.3) is 0 Å². The van der Waals surface area contributed by atoms with Crippen molar-refractivity contribution < 1.29 is 14.2 Å². The molecule has 1 aromatic rings. The second-order valence-electron chi connectivity index (χ2n) is 6.04. The number of hydrogen-bond acceptors (Lipinski definition) is 3. The monoisotopic (exact) mass is 373 g/mol. The minimum atomic E-state index is -1.01. The lowest BCUT2D eigenvalue weighted by Gasteiger charge is -2.40. The van der Waals surface area contributed by atoms with Crippen LogP contribution in [0, 0.1) is 11.7 Å². The third-order valence-corrected chi connectivity index (χ3v) is 5.21. The van der Waals surface area contributed by atoms with E-state index in [0.717, 1.165) is 43.2 Å². The molecular weight excluding hydrogens is 349 g/mol. The average Bonchev–Trinajstić information content (AvgIpc) is 2.54. The van der Waals surface area contributed by atoms with Crippen LogP contribution in [-0.2, 0) is 10.3 Å². The van der Waals surface area contributed by atoms with Gasteiger partial charge in [-0.05, 0) is 56.8 Å². The number of rotatable bonds is 7. The van der Waals surface area contributed by atoms with Gasteiger partial charge in [-0.2, -0.15) is 0 Å². The average molecular weight is 374 g/mol. The van der Waals surface area contributed by atoms with Gasteiger partial charge in [-0.1, -0.05) is 15.9 Å². The molecule has 0 saturated carbocycles. The van der Waals surface area contributed by atoms with Gasteiger partial charge in [0.1, 0.15) is 5.82 Å². The Labute approximate surface area is 140 Å². The van der Waals surface area contributed by atoms with Crippen LogP contribution in [-0.4, -0.2) is 31.9 Å². The van der Waals surface area contributed by atoms with E-state index in [2.05, 4.69) is 21.2 Å². The molecule has 1 fully saturated rings. The minimum absolute atomic E-state index is 0.0990. The fourth-order valence-electron chi connectivity index (χ4n) is 3.29. The Bertz CT molecular complexity index is 480. The third kappa shape index (κ3) is 4.28. The zero-order valence-electron chi connectivity index (χ0n) is 13.1. The molecule has 22 heavy (non-hydrogen) atoms. The summed E-state index contributed by atoms with van der Waals surface area (Å²) in [5.41, 5.74) is -0.346. The van der Waals surface area contributed by atoms with Crippen LogP contribution in [0.1, 0.15) is 37.7 Å². The summed E-state index contributed by atoms with van der Waals surface area (Å²) in [5, 5.41) is 14.8. The maximum absolute atomic E-state index is 13.7. The molecular formula is C17H25BrFNO2. The first-order chi connectivity index (χ1) is 10.6. The van der Waals surface area contributed by atoms with E-state index in [1.165, 1.54) is 12.1 Å². The third-order valence-electron chi connectivity index (χ3n) is 4.52. The van der Waals surface area contributed by atoms with E-state index in [0.29, 0.717) is 18.6 Å². The molecule has 0 aromatic heterocycles. The molecule has 1 aliphatic heterocycles. The van der Waals surface area contributed by atoms with Crippen molar-refractivity contribution in [1.29, 1.82) is 0 Å². The summed E-state index contributed by atoms with van der Waals surface area (Å²) in [5.74, 6) is -0.209. The molecule has 0 bridgehead atoms. The van der Waals surface area contributed by atoms with Crippen molar-refractivity contribution in [1.82, 2.24) is 5.32 Å². The Hall–Kier alpha value is -0.490. The van der Waals surface area contributed by atoms with Crippen molar-refractivity contribution in [2.45, 2.75) is 37.7 Å². The second-order valence-corrected chi connectivity index (χ2v) is 6.90. The highest BCUT2D eigenvalue weighted by atomic mass is 79.9. The van der Waals surface area contributed by atoms with Gasteiger partial charge in [0.15, 0.2) is 0 Å². The van der Waals surface area contributed by atoms with E-state index in [4.69, 9.17) is 4.74 Å². The lowest BCUT2D eigenvalue weighted by molar-refractivity contribution is -0.0442. The summed E-state index contributed by atoms with van der Waals surface area (Å²) < 4.78 is 19.6. The zero-order chi connectivity index (χ0) is 16.0. The van der Waals surface area contributed by atoms with E-state index in [1.54, 1.807) is 13.2 Å². The van der Waals surface area contributed by atoms with Crippen LogP contribution in [0.15, 0.2) is 22.7 Å². The Morgan fingerprint density at radius 3 is 2.95 bits per heavy atom. The largest absolute Gasteiger partial charge is 0.385 e. The predicted octanol–water partition coefficient (Wildman–Crippen LogP) is 3.59. The van der Waals surface area contributed by atoms with Crippen LogP contribution in [0.4, 0.5) is 4.39 Å². The highest BCUT2D eigenvalue weighted by Gasteiger charge is 2.39.